The zero-order valence-corrected chi connectivity index (χ0v) is 21.1. The number of unbranched alkanes of at least 4 members (excludes halogenated alkanes) is 1. The smallest absolute Gasteiger partial charge is 0.408 e. The Hall–Kier alpha value is -3.62. The minimum atomic E-state index is -1.18. The minimum absolute atomic E-state index is 0.0510. The van der Waals surface area contributed by atoms with E-state index in [9.17, 15) is 19.5 Å². The van der Waals surface area contributed by atoms with Crippen LogP contribution in [0.15, 0.2) is 36.4 Å². The fourth-order valence-electron chi connectivity index (χ4n) is 4.57. The third-order valence-corrected chi connectivity index (χ3v) is 6.77. The molecule has 0 spiro atoms. The maximum absolute atomic E-state index is 12.3. The van der Waals surface area contributed by atoms with Crippen molar-refractivity contribution in [2.75, 3.05) is 18.4 Å². The predicted molar refractivity (Wildman–Crippen MR) is 139 cm³/mol. The highest BCUT2D eigenvalue weighted by molar-refractivity contribution is 5.80. The molecule has 2 amide bonds. The van der Waals surface area contributed by atoms with Gasteiger partial charge in [-0.1, -0.05) is 36.4 Å². The number of nitrogens with one attached hydrogen (secondary N) is 3. The molecule has 1 atom stereocenters. The first-order chi connectivity index (χ1) is 18.0. The van der Waals surface area contributed by atoms with Crippen molar-refractivity contribution in [3.8, 4) is 0 Å². The molecule has 4 rings (SSSR count). The molecule has 37 heavy (non-hydrogen) atoms. The Morgan fingerprint density at radius 1 is 1.16 bits per heavy atom. The van der Waals surface area contributed by atoms with Gasteiger partial charge in [0, 0.05) is 25.2 Å². The van der Waals surface area contributed by atoms with Crippen molar-refractivity contribution in [1.82, 2.24) is 15.6 Å². The molecule has 2 aromatic rings. The number of alkyl carbamates (subject to hydrolysis) is 1. The molecule has 0 bridgehead atoms. The molecule has 1 saturated carbocycles. The molecule has 2 aliphatic rings. The van der Waals surface area contributed by atoms with Crippen molar-refractivity contribution >= 4 is 23.8 Å². The van der Waals surface area contributed by atoms with Crippen molar-refractivity contribution in [2.45, 2.75) is 76.4 Å². The number of carbonyl (C=O) groups is 3. The normalized spacial score (nSPS) is 15.1. The van der Waals surface area contributed by atoms with Gasteiger partial charge in [-0.05, 0) is 74.0 Å². The number of ether oxygens (including phenoxy) is 1. The highest BCUT2D eigenvalue weighted by Gasteiger charge is 2.28. The quantitative estimate of drug-likeness (QED) is 0.302. The molecule has 0 radical (unpaired) electrons. The molecule has 2 heterocycles. The van der Waals surface area contributed by atoms with E-state index < -0.39 is 18.1 Å². The van der Waals surface area contributed by atoms with Gasteiger partial charge in [0.1, 0.15) is 18.5 Å². The largest absolute Gasteiger partial charge is 0.480 e. The second kappa shape index (κ2) is 13.1. The van der Waals surface area contributed by atoms with Gasteiger partial charge in [0.2, 0.25) is 5.91 Å². The summed E-state index contributed by atoms with van der Waals surface area (Å²) in [5, 5.41) is 17.9. The monoisotopic (exact) mass is 508 g/mol. The van der Waals surface area contributed by atoms with E-state index in [-0.39, 0.29) is 25.5 Å². The molecular formula is C28H36N4O5. The van der Waals surface area contributed by atoms with Crippen molar-refractivity contribution in [1.29, 1.82) is 0 Å². The lowest BCUT2D eigenvalue weighted by Gasteiger charge is -2.20. The van der Waals surface area contributed by atoms with Gasteiger partial charge < -0.3 is 25.8 Å². The standard InChI is InChI=1S/C28H36N4O5/c33-25(29-16-14-24(27(34)35)32-28(36)37-18-19-7-2-1-3-8-19)11-5-4-10-23-22(20-12-13-20)17-21-9-6-15-30-26(21)31-23/h1-3,7-8,17,20,24H,4-6,9-16,18H2,(H,29,33)(H,30,31)(H,32,36)(H,34,35). The first kappa shape index (κ1) is 26.4. The third-order valence-electron chi connectivity index (χ3n) is 6.77. The fourth-order valence-corrected chi connectivity index (χ4v) is 4.57. The number of pyridine rings is 1. The number of aliphatic carboxylic acids is 1. The first-order valence-electron chi connectivity index (χ1n) is 13.2. The van der Waals surface area contributed by atoms with Crippen LogP contribution >= 0.6 is 0 Å². The Bertz CT molecular complexity index is 1090. The maximum atomic E-state index is 12.3. The first-order valence-corrected chi connectivity index (χ1v) is 13.2. The summed E-state index contributed by atoms with van der Waals surface area (Å²) >= 11 is 0. The molecule has 9 heteroatoms. The van der Waals surface area contributed by atoms with Crippen molar-refractivity contribution in [3.63, 3.8) is 0 Å². The molecule has 1 aromatic heterocycles. The molecule has 1 aromatic carbocycles. The Morgan fingerprint density at radius 3 is 2.73 bits per heavy atom. The number of benzene rings is 1. The molecule has 1 aliphatic heterocycles. The second-order valence-corrected chi connectivity index (χ2v) is 9.78. The van der Waals surface area contributed by atoms with Gasteiger partial charge in [0.05, 0.1) is 0 Å². The van der Waals surface area contributed by atoms with Crippen molar-refractivity contribution < 1.29 is 24.2 Å². The molecule has 1 aliphatic carbocycles. The lowest BCUT2D eigenvalue weighted by Crippen LogP contribution is -2.43. The number of hydrogen-bond acceptors (Lipinski definition) is 6. The van der Waals surface area contributed by atoms with Crippen LogP contribution in [0.4, 0.5) is 10.6 Å². The number of hydrogen-bond donors (Lipinski definition) is 4. The lowest BCUT2D eigenvalue weighted by molar-refractivity contribution is -0.139. The highest BCUT2D eigenvalue weighted by atomic mass is 16.5. The number of anilines is 1. The predicted octanol–water partition coefficient (Wildman–Crippen LogP) is 3.92. The summed E-state index contributed by atoms with van der Waals surface area (Å²) in [5.74, 6) is 0.362. The maximum Gasteiger partial charge on any atom is 0.408 e. The average Bonchev–Trinajstić information content (AvgIpc) is 3.75. The summed E-state index contributed by atoms with van der Waals surface area (Å²) in [6, 6.07) is 10.3. The van der Waals surface area contributed by atoms with E-state index in [4.69, 9.17) is 9.72 Å². The SMILES string of the molecule is O=C(CCCCc1nc2c(cc1C1CC1)CCCN2)NCCC(NC(=O)OCc1ccccc1)C(=O)O. The summed E-state index contributed by atoms with van der Waals surface area (Å²) in [4.78, 5) is 40.7. The van der Waals surface area contributed by atoms with Crippen LogP contribution in [0.5, 0.6) is 0 Å². The number of aromatic nitrogens is 1. The van der Waals surface area contributed by atoms with Crippen LogP contribution in [-0.4, -0.2) is 47.2 Å². The average molecular weight is 509 g/mol. The Labute approximate surface area is 217 Å². The number of amides is 2. The Kier molecular flexibility index (Phi) is 9.35. The van der Waals surface area contributed by atoms with E-state index in [1.54, 1.807) is 0 Å². The summed E-state index contributed by atoms with van der Waals surface area (Å²) < 4.78 is 5.09. The van der Waals surface area contributed by atoms with Crippen LogP contribution in [0.25, 0.3) is 0 Å². The topological polar surface area (TPSA) is 130 Å². The highest BCUT2D eigenvalue weighted by Crippen LogP contribution is 2.43. The molecular weight excluding hydrogens is 472 g/mol. The zero-order chi connectivity index (χ0) is 26.0. The number of aryl methyl sites for hydroxylation is 2. The van der Waals surface area contributed by atoms with E-state index in [0.29, 0.717) is 12.3 Å². The lowest BCUT2D eigenvalue weighted by atomic mass is 9.98. The molecule has 4 N–H and O–H groups in total. The second-order valence-electron chi connectivity index (χ2n) is 9.78. The van der Waals surface area contributed by atoms with E-state index in [1.165, 1.54) is 24.0 Å². The molecule has 1 fully saturated rings. The van der Waals surface area contributed by atoms with Gasteiger partial charge in [-0.15, -0.1) is 0 Å². The van der Waals surface area contributed by atoms with Gasteiger partial charge in [0.15, 0.2) is 0 Å². The van der Waals surface area contributed by atoms with E-state index in [1.807, 2.05) is 30.3 Å². The van der Waals surface area contributed by atoms with Crippen molar-refractivity contribution in [2.24, 2.45) is 0 Å². The van der Waals surface area contributed by atoms with E-state index in [0.717, 1.165) is 55.7 Å². The van der Waals surface area contributed by atoms with Crippen LogP contribution < -0.4 is 16.0 Å². The van der Waals surface area contributed by atoms with E-state index in [2.05, 4.69) is 22.0 Å². The molecule has 198 valence electrons. The zero-order valence-electron chi connectivity index (χ0n) is 21.1. The number of fused-ring (bicyclic) bond motifs is 1. The summed E-state index contributed by atoms with van der Waals surface area (Å²) in [5.41, 5.74) is 4.68. The van der Waals surface area contributed by atoms with Crippen LogP contribution in [0.3, 0.4) is 0 Å². The summed E-state index contributed by atoms with van der Waals surface area (Å²) in [7, 11) is 0. The number of carboxylic acids is 1. The van der Waals surface area contributed by atoms with Crippen molar-refractivity contribution in [3.05, 3.63) is 58.8 Å². The van der Waals surface area contributed by atoms with Gasteiger partial charge in [-0.2, -0.15) is 0 Å². The summed E-state index contributed by atoms with van der Waals surface area (Å²) in [6.45, 7) is 1.17. The van der Waals surface area contributed by atoms with Crippen LogP contribution in [0, 0.1) is 0 Å². The molecule has 0 saturated heterocycles. The van der Waals surface area contributed by atoms with Gasteiger partial charge >= 0.3 is 12.1 Å². The van der Waals surface area contributed by atoms with Crippen LogP contribution in [0.1, 0.15) is 73.2 Å². The summed E-state index contributed by atoms with van der Waals surface area (Å²) in [6.07, 6.45) is 6.78. The van der Waals surface area contributed by atoms with Crippen LogP contribution in [0.2, 0.25) is 0 Å². The Morgan fingerprint density at radius 2 is 1.97 bits per heavy atom. The fraction of sp³-hybridized carbons (Fsp3) is 0.500. The van der Waals surface area contributed by atoms with E-state index >= 15 is 0 Å². The minimum Gasteiger partial charge on any atom is -0.480 e. The molecule has 1 unspecified atom stereocenters. The Balaban J connectivity index is 1.14. The van der Waals surface area contributed by atoms with Gasteiger partial charge in [0.25, 0.3) is 0 Å². The third kappa shape index (κ3) is 8.20. The molecule has 9 nitrogen and oxygen atoms in total. The number of carboxylic acid groups (broad SMARTS) is 1. The van der Waals surface area contributed by atoms with Crippen LogP contribution in [-0.2, 0) is 33.8 Å². The number of carbonyl (C=O) groups excluding carboxylic acids is 2. The van der Waals surface area contributed by atoms with Gasteiger partial charge in [-0.3, -0.25) is 4.79 Å². The van der Waals surface area contributed by atoms with Gasteiger partial charge in [-0.25, -0.2) is 14.6 Å². The number of rotatable bonds is 13. The number of nitrogens with zero attached hydrogens (tertiary/aromatic N) is 1.